The van der Waals surface area contributed by atoms with Crippen molar-refractivity contribution in [1.29, 1.82) is 0 Å². The molecule has 1 heterocycles. The lowest BCUT2D eigenvalue weighted by Crippen LogP contribution is -2.47. The van der Waals surface area contributed by atoms with Crippen LogP contribution < -0.4 is 0 Å². The summed E-state index contributed by atoms with van der Waals surface area (Å²) >= 11 is 0. The van der Waals surface area contributed by atoms with Gasteiger partial charge in [-0.3, -0.25) is 4.79 Å². The number of amides is 1. The number of benzene rings is 1. The fourth-order valence-corrected chi connectivity index (χ4v) is 2.76. The Balaban J connectivity index is 1.88. The summed E-state index contributed by atoms with van der Waals surface area (Å²) in [6.45, 7) is 6.43. The second-order valence-corrected chi connectivity index (χ2v) is 7.17. The van der Waals surface area contributed by atoms with Crippen LogP contribution in [0.3, 0.4) is 0 Å². The van der Waals surface area contributed by atoms with Gasteiger partial charge in [-0.25, -0.2) is 4.79 Å². The number of esters is 1. The van der Waals surface area contributed by atoms with Gasteiger partial charge in [0.05, 0.1) is 6.42 Å². The van der Waals surface area contributed by atoms with Crippen molar-refractivity contribution < 1.29 is 19.1 Å². The molecule has 0 N–H and O–H groups in total. The molecule has 0 aliphatic carbocycles. The molecule has 1 amide bonds. The van der Waals surface area contributed by atoms with Crippen LogP contribution in [0.5, 0.6) is 0 Å². The lowest BCUT2D eigenvalue weighted by atomic mass is 10.00. The van der Waals surface area contributed by atoms with Crippen LogP contribution in [0.15, 0.2) is 30.3 Å². The topological polar surface area (TPSA) is 55.8 Å². The van der Waals surface area contributed by atoms with Crippen molar-refractivity contribution in [2.24, 2.45) is 0 Å². The Morgan fingerprint density at radius 3 is 2.54 bits per heavy atom. The summed E-state index contributed by atoms with van der Waals surface area (Å²) in [5.41, 5.74) is 0.422. The van der Waals surface area contributed by atoms with Crippen molar-refractivity contribution in [3.05, 3.63) is 35.9 Å². The Kier molecular flexibility index (Phi) is 6.23. The molecule has 1 aromatic carbocycles. The first-order valence-electron chi connectivity index (χ1n) is 8.54. The van der Waals surface area contributed by atoms with Crippen molar-refractivity contribution in [3.63, 3.8) is 0 Å². The van der Waals surface area contributed by atoms with Crippen LogP contribution in [0.1, 0.15) is 52.0 Å². The Hall–Kier alpha value is -2.04. The Morgan fingerprint density at radius 1 is 1.17 bits per heavy atom. The molecule has 1 aromatic rings. The lowest BCUT2D eigenvalue weighted by molar-refractivity contribution is -0.146. The smallest absolute Gasteiger partial charge is 0.410 e. The van der Waals surface area contributed by atoms with Crippen molar-refractivity contribution in [2.45, 2.75) is 64.7 Å². The molecule has 1 atom stereocenters. The van der Waals surface area contributed by atoms with E-state index in [2.05, 4.69) is 0 Å². The molecule has 132 valence electrons. The quantitative estimate of drug-likeness (QED) is 0.784. The molecule has 1 saturated heterocycles. The van der Waals surface area contributed by atoms with Gasteiger partial charge in [-0.2, -0.15) is 0 Å². The molecular weight excluding hydrogens is 306 g/mol. The minimum Gasteiger partial charge on any atom is -0.461 e. The fourth-order valence-electron chi connectivity index (χ4n) is 2.76. The Morgan fingerprint density at radius 2 is 1.88 bits per heavy atom. The van der Waals surface area contributed by atoms with Crippen molar-refractivity contribution in [2.75, 3.05) is 6.54 Å². The van der Waals surface area contributed by atoms with Crippen LogP contribution in [0, 0.1) is 0 Å². The zero-order valence-electron chi connectivity index (χ0n) is 14.8. The van der Waals surface area contributed by atoms with E-state index in [0.29, 0.717) is 6.54 Å². The Labute approximate surface area is 143 Å². The van der Waals surface area contributed by atoms with Crippen LogP contribution in [-0.4, -0.2) is 35.2 Å². The van der Waals surface area contributed by atoms with E-state index in [1.165, 1.54) is 0 Å². The van der Waals surface area contributed by atoms with Gasteiger partial charge in [0.1, 0.15) is 12.2 Å². The van der Waals surface area contributed by atoms with Crippen molar-refractivity contribution >= 4 is 12.1 Å². The van der Waals surface area contributed by atoms with E-state index in [9.17, 15) is 9.59 Å². The first-order valence-corrected chi connectivity index (χ1v) is 8.54. The van der Waals surface area contributed by atoms with Gasteiger partial charge in [-0.05, 0) is 45.6 Å². The molecular formula is C19H27NO4. The molecule has 24 heavy (non-hydrogen) atoms. The number of rotatable bonds is 4. The second-order valence-electron chi connectivity index (χ2n) is 7.17. The van der Waals surface area contributed by atoms with E-state index in [4.69, 9.17) is 9.47 Å². The number of ether oxygens (including phenoxy) is 2. The maximum Gasteiger partial charge on any atom is 0.410 e. The van der Waals surface area contributed by atoms with Gasteiger partial charge in [0.2, 0.25) is 0 Å². The maximum absolute atomic E-state index is 12.3. The van der Waals surface area contributed by atoms with Gasteiger partial charge >= 0.3 is 12.1 Å². The van der Waals surface area contributed by atoms with E-state index in [1.807, 2.05) is 51.1 Å². The van der Waals surface area contributed by atoms with E-state index in [1.54, 1.807) is 4.90 Å². The molecule has 1 aliphatic heterocycles. The lowest BCUT2D eigenvalue weighted by Gasteiger charge is -2.36. The summed E-state index contributed by atoms with van der Waals surface area (Å²) in [5, 5.41) is 0. The summed E-state index contributed by atoms with van der Waals surface area (Å²) in [4.78, 5) is 26.2. The molecule has 5 heteroatoms. The largest absolute Gasteiger partial charge is 0.461 e. The molecule has 0 bridgehead atoms. The molecule has 1 aliphatic rings. The van der Waals surface area contributed by atoms with Crippen LogP contribution in [0.2, 0.25) is 0 Å². The number of hydrogen-bond acceptors (Lipinski definition) is 4. The summed E-state index contributed by atoms with van der Waals surface area (Å²) in [6.07, 6.45) is 2.62. The highest BCUT2D eigenvalue weighted by molar-refractivity contribution is 5.73. The summed E-state index contributed by atoms with van der Waals surface area (Å²) in [5.74, 6) is -0.278. The van der Waals surface area contributed by atoms with Crippen LogP contribution in [0.25, 0.3) is 0 Å². The predicted molar refractivity (Wildman–Crippen MR) is 91.4 cm³/mol. The first kappa shape index (κ1) is 18.3. The SMILES string of the molecule is CC(C)(C)OC(=O)N1CCCC[C@H]1CC(=O)OCc1ccccc1. The normalized spacial score (nSPS) is 18.1. The molecule has 0 unspecified atom stereocenters. The maximum atomic E-state index is 12.3. The zero-order chi connectivity index (χ0) is 17.6. The van der Waals surface area contributed by atoms with E-state index >= 15 is 0 Å². The van der Waals surface area contributed by atoms with E-state index in [-0.39, 0.29) is 31.1 Å². The third kappa shape index (κ3) is 5.87. The third-order valence-electron chi connectivity index (χ3n) is 3.90. The first-order chi connectivity index (χ1) is 11.3. The number of carbonyl (C=O) groups excluding carboxylic acids is 2. The van der Waals surface area contributed by atoms with E-state index < -0.39 is 5.60 Å². The van der Waals surface area contributed by atoms with Crippen molar-refractivity contribution in [3.8, 4) is 0 Å². The summed E-state index contributed by atoms with van der Waals surface area (Å²) < 4.78 is 10.8. The average Bonchev–Trinajstić information content (AvgIpc) is 2.53. The van der Waals surface area contributed by atoms with Gasteiger partial charge in [0.25, 0.3) is 0 Å². The van der Waals surface area contributed by atoms with Gasteiger partial charge in [-0.1, -0.05) is 30.3 Å². The van der Waals surface area contributed by atoms with E-state index in [0.717, 1.165) is 24.8 Å². The standard InChI is InChI=1S/C19H27NO4/c1-19(2,3)24-18(22)20-12-8-7-11-16(20)13-17(21)23-14-15-9-5-4-6-10-15/h4-6,9-10,16H,7-8,11-14H2,1-3H3/t16-/m0/s1. The number of hydrogen-bond donors (Lipinski definition) is 0. The number of nitrogens with zero attached hydrogens (tertiary/aromatic N) is 1. The molecule has 2 rings (SSSR count). The molecule has 0 spiro atoms. The molecule has 1 fully saturated rings. The number of piperidine rings is 1. The second kappa shape index (κ2) is 8.18. The minimum absolute atomic E-state index is 0.142. The van der Waals surface area contributed by atoms with Crippen LogP contribution >= 0.6 is 0 Å². The highest BCUT2D eigenvalue weighted by Crippen LogP contribution is 2.23. The number of carbonyl (C=O) groups is 2. The highest BCUT2D eigenvalue weighted by atomic mass is 16.6. The fraction of sp³-hybridized carbons (Fsp3) is 0.579. The highest BCUT2D eigenvalue weighted by Gasteiger charge is 2.32. The van der Waals surface area contributed by atoms with Gasteiger partial charge in [-0.15, -0.1) is 0 Å². The summed E-state index contributed by atoms with van der Waals surface area (Å²) in [7, 11) is 0. The molecule has 0 saturated carbocycles. The summed E-state index contributed by atoms with van der Waals surface area (Å²) in [6, 6.07) is 9.44. The van der Waals surface area contributed by atoms with Crippen LogP contribution in [-0.2, 0) is 20.9 Å². The monoisotopic (exact) mass is 333 g/mol. The predicted octanol–water partition coefficient (Wildman–Crippen LogP) is 3.91. The molecule has 0 aromatic heterocycles. The van der Waals surface area contributed by atoms with Crippen molar-refractivity contribution in [1.82, 2.24) is 4.90 Å². The zero-order valence-corrected chi connectivity index (χ0v) is 14.8. The van der Waals surface area contributed by atoms with Crippen LogP contribution in [0.4, 0.5) is 4.79 Å². The molecule has 0 radical (unpaired) electrons. The van der Waals surface area contributed by atoms with Gasteiger partial charge < -0.3 is 14.4 Å². The van der Waals surface area contributed by atoms with Gasteiger partial charge in [0.15, 0.2) is 0 Å². The Bertz CT molecular complexity index is 550. The molecule has 5 nitrogen and oxygen atoms in total. The third-order valence-corrected chi connectivity index (χ3v) is 3.90. The number of likely N-dealkylation sites (tertiary alicyclic amines) is 1. The average molecular weight is 333 g/mol. The van der Waals surface area contributed by atoms with Gasteiger partial charge in [0, 0.05) is 12.6 Å². The minimum atomic E-state index is -0.535.